The Hall–Kier alpha value is -3.24. The SMILES string of the molecule is COc1ccc2c(c1)[C@]1(COC(N)=N1)c1cc(C#CC(C)(C)OC)cnc1O2. The van der Waals surface area contributed by atoms with Gasteiger partial charge in [-0.05, 0) is 38.1 Å². The first kappa shape index (κ1) is 18.1. The van der Waals surface area contributed by atoms with Crippen LogP contribution in [0.2, 0.25) is 0 Å². The van der Waals surface area contributed by atoms with Gasteiger partial charge < -0.3 is 24.7 Å². The number of nitrogens with two attached hydrogens (primary N) is 1. The van der Waals surface area contributed by atoms with E-state index in [0.717, 1.165) is 16.7 Å². The monoisotopic (exact) mass is 379 g/mol. The molecule has 1 spiro atoms. The van der Waals surface area contributed by atoms with E-state index in [9.17, 15) is 0 Å². The van der Waals surface area contributed by atoms with Crippen LogP contribution in [-0.4, -0.2) is 37.4 Å². The quantitative estimate of drug-likeness (QED) is 0.807. The van der Waals surface area contributed by atoms with Crippen molar-refractivity contribution < 1.29 is 18.9 Å². The molecule has 0 unspecified atom stereocenters. The van der Waals surface area contributed by atoms with Crippen LogP contribution in [0, 0.1) is 11.8 Å². The van der Waals surface area contributed by atoms with Gasteiger partial charge in [0.15, 0.2) is 5.54 Å². The molecule has 28 heavy (non-hydrogen) atoms. The van der Waals surface area contributed by atoms with Crippen molar-refractivity contribution in [3.63, 3.8) is 0 Å². The Morgan fingerprint density at radius 2 is 2.04 bits per heavy atom. The van der Waals surface area contributed by atoms with E-state index in [1.807, 2.05) is 38.1 Å². The number of aromatic nitrogens is 1. The highest BCUT2D eigenvalue weighted by Crippen LogP contribution is 2.50. The zero-order valence-corrected chi connectivity index (χ0v) is 16.2. The van der Waals surface area contributed by atoms with Crippen LogP contribution in [0.3, 0.4) is 0 Å². The van der Waals surface area contributed by atoms with E-state index in [2.05, 4.69) is 21.8 Å². The molecule has 0 aliphatic carbocycles. The van der Waals surface area contributed by atoms with Crippen molar-refractivity contribution in [2.24, 2.45) is 10.7 Å². The van der Waals surface area contributed by atoms with Crippen LogP contribution in [-0.2, 0) is 15.0 Å². The van der Waals surface area contributed by atoms with E-state index in [-0.39, 0.29) is 12.6 Å². The largest absolute Gasteiger partial charge is 0.497 e. The lowest BCUT2D eigenvalue weighted by Gasteiger charge is -2.32. The highest BCUT2D eigenvalue weighted by Gasteiger charge is 2.47. The van der Waals surface area contributed by atoms with E-state index in [4.69, 9.17) is 24.7 Å². The molecule has 7 nitrogen and oxygen atoms in total. The number of ether oxygens (including phenoxy) is 4. The first-order valence-electron chi connectivity index (χ1n) is 8.80. The highest BCUT2D eigenvalue weighted by atomic mass is 16.5. The number of amidine groups is 1. The van der Waals surface area contributed by atoms with Crippen molar-refractivity contribution in [1.82, 2.24) is 4.98 Å². The maximum atomic E-state index is 6.02. The number of hydrogen-bond donors (Lipinski definition) is 1. The summed E-state index contributed by atoms with van der Waals surface area (Å²) in [6.07, 6.45) is 1.67. The van der Waals surface area contributed by atoms with Gasteiger partial charge >= 0.3 is 0 Å². The molecule has 0 radical (unpaired) electrons. The zero-order valence-electron chi connectivity index (χ0n) is 16.2. The topological polar surface area (TPSA) is 88.2 Å². The van der Waals surface area contributed by atoms with Crippen LogP contribution < -0.4 is 15.2 Å². The zero-order chi connectivity index (χ0) is 19.9. The number of rotatable bonds is 2. The molecule has 7 heteroatoms. The van der Waals surface area contributed by atoms with Crippen molar-refractivity contribution in [3.05, 3.63) is 47.2 Å². The number of methoxy groups -OCH3 is 2. The number of pyridine rings is 1. The summed E-state index contributed by atoms with van der Waals surface area (Å²) < 4.78 is 22.3. The minimum Gasteiger partial charge on any atom is -0.497 e. The van der Waals surface area contributed by atoms with Gasteiger partial charge in [0.25, 0.3) is 6.02 Å². The van der Waals surface area contributed by atoms with Crippen LogP contribution in [0.1, 0.15) is 30.5 Å². The summed E-state index contributed by atoms with van der Waals surface area (Å²) in [6, 6.07) is 7.58. The van der Waals surface area contributed by atoms with Crippen LogP contribution in [0.4, 0.5) is 0 Å². The van der Waals surface area contributed by atoms with E-state index < -0.39 is 11.1 Å². The third-order valence-electron chi connectivity index (χ3n) is 4.88. The Morgan fingerprint density at radius 1 is 1.21 bits per heavy atom. The molecule has 0 saturated heterocycles. The number of fused-ring (bicyclic) bond motifs is 4. The molecule has 2 aliphatic heterocycles. The van der Waals surface area contributed by atoms with E-state index in [0.29, 0.717) is 17.4 Å². The molecule has 2 aromatic rings. The van der Waals surface area contributed by atoms with Gasteiger partial charge in [0.1, 0.15) is 23.7 Å². The van der Waals surface area contributed by atoms with E-state index in [1.54, 1.807) is 20.4 Å². The lowest BCUT2D eigenvalue weighted by atomic mass is 9.82. The summed E-state index contributed by atoms with van der Waals surface area (Å²) in [5, 5.41) is 0. The van der Waals surface area contributed by atoms with Crippen LogP contribution in [0.25, 0.3) is 0 Å². The predicted molar refractivity (Wildman–Crippen MR) is 104 cm³/mol. The highest BCUT2D eigenvalue weighted by molar-refractivity contribution is 5.76. The van der Waals surface area contributed by atoms with Crippen LogP contribution >= 0.6 is 0 Å². The molecular formula is C21H21N3O4. The van der Waals surface area contributed by atoms with Crippen molar-refractivity contribution in [1.29, 1.82) is 0 Å². The van der Waals surface area contributed by atoms with Gasteiger partial charge in [-0.15, -0.1) is 0 Å². The lowest BCUT2D eigenvalue weighted by Crippen LogP contribution is -2.31. The molecule has 2 N–H and O–H groups in total. The fourth-order valence-corrected chi connectivity index (χ4v) is 3.18. The second-order valence-corrected chi connectivity index (χ2v) is 7.10. The molecule has 4 rings (SSSR count). The van der Waals surface area contributed by atoms with E-state index in [1.165, 1.54) is 0 Å². The van der Waals surface area contributed by atoms with Gasteiger partial charge in [0.2, 0.25) is 5.88 Å². The third kappa shape index (κ3) is 2.92. The summed E-state index contributed by atoms with van der Waals surface area (Å²) in [7, 11) is 3.24. The normalized spacial score (nSPS) is 19.5. The summed E-state index contributed by atoms with van der Waals surface area (Å²) in [6.45, 7) is 4.04. The van der Waals surface area contributed by atoms with Crippen LogP contribution in [0.5, 0.6) is 17.4 Å². The molecular weight excluding hydrogens is 358 g/mol. The molecule has 0 fully saturated rings. The second-order valence-electron chi connectivity index (χ2n) is 7.10. The third-order valence-corrected chi connectivity index (χ3v) is 4.88. The van der Waals surface area contributed by atoms with Gasteiger partial charge in [0.05, 0.1) is 12.7 Å². The predicted octanol–water partition coefficient (Wildman–Crippen LogP) is 2.56. The Bertz CT molecular complexity index is 1040. The molecule has 144 valence electrons. The molecule has 1 atom stereocenters. The fraction of sp³-hybridized carbons (Fsp3) is 0.333. The summed E-state index contributed by atoms with van der Waals surface area (Å²) >= 11 is 0. The molecule has 1 aromatic heterocycles. The van der Waals surface area contributed by atoms with Crippen molar-refractivity contribution in [2.75, 3.05) is 20.8 Å². The molecule has 0 saturated carbocycles. The van der Waals surface area contributed by atoms with Crippen molar-refractivity contribution in [3.8, 4) is 29.2 Å². The molecule has 3 heterocycles. The van der Waals surface area contributed by atoms with Gasteiger partial charge in [-0.3, -0.25) is 0 Å². The Morgan fingerprint density at radius 3 is 2.71 bits per heavy atom. The standard InChI is InChI=1S/C21H21N3O4/c1-20(2,26-4)8-7-13-9-16-18(23-11-13)28-17-6-5-14(25-3)10-15(17)21(16)12-27-19(22)24-21/h5-6,9-11H,12H2,1-4H3,(H2,22,24)/t21-/m1/s1. The number of benzene rings is 1. The number of aliphatic imine (C=N–C) groups is 1. The minimum absolute atomic E-state index is 0.124. The van der Waals surface area contributed by atoms with Crippen LogP contribution in [0.15, 0.2) is 35.5 Å². The Kier molecular flexibility index (Phi) is 4.16. The van der Waals surface area contributed by atoms with Gasteiger partial charge in [-0.2, -0.15) is 0 Å². The number of nitrogens with zero attached hydrogens (tertiary/aromatic N) is 2. The summed E-state index contributed by atoms with van der Waals surface area (Å²) in [5.74, 6) is 7.99. The molecule has 1 aromatic carbocycles. The van der Waals surface area contributed by atoms with Crippen molar-refractivity contribution >= 4 is 6.02 Å². The fourth-order valence-electron chi connectivity index (χ4n) is 3.18. The molecule has 0 amide bonds. The van der Waals surface area contributed by atoms with Gasteiger partial charge in [-0.25, -0.2) is 9.98 Å². The van der Waals surface area contributed by atoms with Gasteiger partial charge in [-0.1, -0.05) is 11.8 Å². The maximum absolute atomic E-state index is 6.02. The van der Waals surface area contributed by atoms with Crippen molar-refractivity contribution in [2.45, 2.75) is 25.0 Å². The average Bonchev–Trinajstić information content (AvgIpc) is 3.09. The second kappa shape index (κ2) is 6.43. The number of hydrogen-bond acceptors (Lipinski definition) is 7. The summed E-state index contributed by atoms with van der Waals surface area (Å²) in [4.78, 5) is 9.10. The maximum Gasteiger partial charge on any atom is 0.283 e. The minimum atomic E-state index is -0.858. The van der Waals surface area contributed by atoms with Gasteiger partial charge in [0, 0.05) is 24.4 Å². The van der Waals surface area contributed by atoms with E-state index >= 15 is 0 Å². The Labute approximate surface area is 163 Å². The summed E-state index contributed by atoms with van der Waals surface area (Å²) in [5.41, 5.74) is 6.74. The smallest absolute Gasteiger partial charge is 0.283 e. The molecule has 0 bridgehead atoms. The lowest BCUT2D eigenvalue weighted by molar-refractivity contribution is 0.0742. The average molecular weight is 379 g/mol. The first-order valence-corrected chi connectivity index (χ1v) is 8.80. The molecule has 2 aliphatic rings. The Balaban J connectivity index is 1.88. The first-order chi connectivity index (χ1) is 13.4.